The summed E-state index contributed by atoms with van der Waals surface area (Å²) in [7, 11) is 1.32. The number of methoxy groups -OCH3 is 1. The first-order valence-corrected chi connectivity index (χ1v) is 11.2. The molecule has 2 aliphatic rings. The SMILES string of the molecule is CCOc1cc([C@@H]2C(C(=O)OC)=C(C)NC3=C2C(=O)C[C@@H](c2ccc(Cl)cc2)C3)ccc1O. The number of hydrogen-bond acceptors (Lipinski definition) is 6. The van der Waals surface area contributed by atoms with Gasteiger partial charge in [0.05, 0.1) is 19.3 Å². The Morgan fingerprint density at radius 3 is 2.52 bits per heavy atom. The van der Waals surface area contributed by atoms with Gasteiger partial charge in [-0.2, -0.15) is 0 Å². The van der Waals surface area contributed by atoms with Gasteiger partial charge in [0.15, 0.2) is 17.3 Å². The molecular formula is C26H26ClNO5. The molecule has 2 atom stereocenters. The van der Waals surface area contributed by atoms with Gasteiger partial charge >= 0.3 is 5.97 Å². The average molecular weight is 468 g/mol. The number of carbonyl (C=O) groups excluding carboxylic acids is 2. The quantitative estimate of drug-likeness (QED) is 0.603. The number of ketones is 1. The molecule has 0 spiro atoms. The molecule has 0 aromatic heterocycles. The molecule has 1 aliphatic heterocycles. The van der Waals surface area contributed by atoms with Gasteiger partial charge in [-0.15, -0.1) is 0 Å². The van der Waals surface area contributed by atoms with E-state index in [1.54, 1.807) is 12.1 Å². The summed E-state index contributed by atoms with van der Waals surface area (Å²) in [6, 6.07) is 12.5. The van der Waals surface area contributed by atoms with Crippen LogP contribution in [0.25, 0.3) is 0 Å². The van der Waals surface area contributed by atoms with Crippen molar-refractivity contribution in [3.63, 3.8) is 0 Å². The number of phenolic OH excluding ortho intramolecular Hbond substituents is 1. The lowest BCUT2D eigenvalue weighted by molar-refractivity contribution is -0.136. The molecule has 0 bridgehead atoms. The molecule has 1 aliphatic carbocycles. The van der Waals surface area contributed by atoms with Crippen molar-refractivity contribution in [3.8, 4) is 11.5 Å². The largest absolute Gasteiger partial charge is 0.504 e. The normalized spacial score (nSPS) is 20.3. The lowest BCUT2D eigenvalue weighted by Gasteiger charge is -2.36. The predicted octanol–water partition coefficient (Wildman–Crippen LogP) is 4.98. The first-order chi connectivity index (χ1) is 15.8. The third-order valence-corrected chi connectivity index (χ3v) is 6.44. The Hall–Kier alpha value is -3.25. The molecule has 6 nitrogen and oxygen atoms in total. The molecule has 172 valence electrons. The second-order valence-corrected chi connectivity index (χ2v) is 8.66. The highest BCUT2D eigenvalue weighted by Crippen LogP contribution is 2.46. The highest BCUT2D eigenvalue weighted by molar-refractivity contribution is 6.30. The molecule has 2 aromatic rings. The minimum atomic E-state index is -0.618. The fourth-order valence-electron chi connectivity index (χ4n) is 4.70. The topological polar surface area (TPSA) is 84.9 Å². The monoisotopic (exact) mass is 467 g/mol. The Kier molecular flexibility index (Phi) is 6.47. The first kappa shape index (κ1) is 22.9. The van der Waals surface area contributed by atoms with Crippen LogP contribution in [0, 0.1) is 0 Å². The van der Waals surface area contributed by atoms with Gasteiger partial charge in [-0.1, -0.05) is 29.8 Å². The van der Waals surface area contributed by atoms with Gasteiger partial charge in [-0.25, -0.2) is 4.79 Å². The van der Waals surface area contributed by atoms with E-state index < -0.39 is 11.9 Å². The van der Waals surface area contributed by atoms with Gasteiger partial charge in [0.25, 0.3) is 0 Å². The number of rotatable bonds is 5. The Balaban J connectivity index is 1.81. The minimum Gasteiger partial charge on any atom is -0.504 e. The van der Waals surface area contributed by atoms with E-state index in [1.165, 1.54) is 13.2 Å². The first-order valence-electron chi connectivity index (χ1n) is 10.9. The molecule has 0 radical (unpaired) electrons. The van der Waals surface area contributed by atoms with Crippen LogP contribution in [0.2, 0.25) is 5.02 Å². The van der Waals surface area contributed by atoms with Gasteiger partial charge < -0.3 is 19.9 Å². The summed E-state index contributed by atoms with van der Waals surface area (Å²) < 4.78 is 10.6. The number of phenols is 1. The predicted molar refractivity (Wildman–Crippen MR) is 125 cm³/mol. The second-order valence-electron chi connectivity index (χ2n) is 8.22. The zero-order chi connectivity index (χ0) is 23.7. The lowest BCUT2D eigenvalue weighted by atomic mass is 9.71. The number of dihydropyridines is 1. The maximum absolute atomic E-state index is 13.5. The zero-order valence-corrected chi connectivity index (χ0v) is 19.5. The summed E-state index contributed by atoms with van der Waals surface area (Å²) in [6.45, 7) is 4.00. The van der Waals surface area contributed by atoms with Crippen LogP contribution in [-0.4, -0.2) is 30.6 Å². The number of Topliss-reactive ketones (excluding diaryl/α,β-unsaturated/α-hetero) is 1. The summed E-state index contributed by atoms with van der Waals surface area (Å²) in [4.78, 5) is 26.3. The number of allylic oxidation sites excluding steroid dienone is 3. The van der Waals surface area contributed by atoms with Crippen LogP contribution in [0.4, 0.5) is 0 Å². The van der Waals surface area contributed by atoms with Crippen molar-refractivity contribution < 1.29 is 24.2 Å². The molecule has 4 rings (SSSR count). The molecule has 0 unspecified atom stereocenters. The maximum Gasteiger partial charge on any atom is 0.336 e. The number of nitrogens with one attached hydrogen (secondary N) is 1. The molecule has 0 amide bonds. The number of ether oxygens (including phenoxy) is 2. The van der Waals surface area contributed by atoms with Crippen LogP contribution in [0.3, 0.4) is 0 Å². The summed E-state index contributed by atoms with van der Waals surface area (Å²) in [5.41, 5.74) is 4.10. The smallest absolute Gasteiger partial charge is 0.336 e. The third kappa shape index (κ3) is 4.35. The number of halogens is 1. The van der Waals surface area contributed by atoms with Gasteiger partial charge in [0, 0.05) is 34.3 Å². The molecule has 33 heavy (non-hydrogen) atoms. The molecule has 7 heteroatoms. The van der Waals surface area contributed by atoms with Crippen LogP contribution < -0.4 is 10.1 Å². The summed E-state index contributed by atoms with van der Waals surface area (Å²) in [5, 5.41) is 14.1. The van der Waals surface area contributed by atoms with Gasteiger partial charge in [0.2, 0.25) is 0 Å². The van der Waals surface area contributed by atoms with E-state index in [1.807, 2.05) is 38.1 Å². The van der Waals surface area contributed by atoms with E-state index >= 15 is 0 Å². The van der Waals surface area contributed by atoms with Crippen LogP contribution in [0.1, 0.15) is 49.7 Å². The van der Waals surface area contributed by atoms with E-state index in [4.69, 9.17) is 21.1 Å². The summed E-state index contributed by atoms with van der Waals surface area (Å²) in [5.74, 6) is -0.842. The summed E-state index contributed by atoms with van der Waals surface area (Å²) in [6.07, 6.45) is 0.948. The Labute approximate surface area is 197 Å². The van der Waals surface area contributed by atoms with Gasteiger partial charge in [-0.3, -0.25) is 4.79 Å². The van der Waals surface area contributed by atoms with Crippen molar-refractivity contribution in [2.45, 2.75) is 38.5 Å². The van der Waals surface area contributed by atoms with Crippen molar-refractivity contribution in [3.05, 3.63) is 81.2 Å². The zero-order valence-electron chi connectivity index (χ0n) is 18.8. The number of aromatic hydroxyl groups is 1. The van der Waals surface area contributed by atoms with E-state index in [0.29, 0.717) is 52.6 Å². The number of esters is 1. The van der Waals surface area contributed by atoms with E-state index in [9.17, 15) is 14.7 Å². The molecule has 0 saturated heterocycles. The van der Waals surface area contributed by atoms with Crippen molar-refractivity contribution in [2.24, 2.45) is 0 Å². The summed E-state index contributed by atoms with van der Waals surface area (Å²) >= 11 is 6.04. The van der Waals surface area contributed by atoms with E-state index in [0.717, 1.165) is 11.3 Å². The van der Waals surface area contributed by atoms with Crippen LogP contribution in [0.5, 0.6) is 11.5 Å². The third-order valence-electron chi connectivity index (χ3n) is 6.19. The highest BCUT2D eigenvalue weighted by atomic mass is 35.5. The fourth-order valence-corrected chi connectivity index (χ4v) is 4.83. The minimum absolute atomic E-state index is 0.00169. The van der Waals surface area contributed by atoms with Crippen LogP contribution in [0.15, 0.2) is 65.0 Å². The Morgan fingerprint density at radius 2 is 1.85 bits per heavy atom. The molecule has 2 aromatic carbocycles. The van der Waals surface area contributed by atoms with Gasteiger partial charge in [-0.05, 0) is 61.6 Å². The standard InChI is InChI=1S/C26H26ClNO5/c1-4-33-22-13-16(7-10-20(22)29)24-23(26(31)32-3)14(2)28-19-11-17(12-21(30)25(19)24)15-5-8-18(27)9-6-15/h5-10,13,17,24,28-29H,4,11-12H2,1-3H3/t17-,24+/m0/s1. The number of benzene rings is 2. The molecule has 1 heterocycles. The Morgan fingerprint density at radius 1 is 1.15 bits per heavy atom. The van der Waals surface area contributed by atoms with Gasteiger partial charge in [0.1, 0.15) is 0 Å². The number of carbonyl (C=O) groups is 2. The lowest BCUT2D eigenvalue weighted by Crippen LogP contribution is -2.36. The average Bonchev–Trinajstić information content (AvgIpc) is 2.79. The number of hydrogen-bond donors (Lipinski definition) is 2. The fraction of sp³-hybridized carbons (Fsp3) is 0.308. The highest BCUT2D eigenvalue weighted by Gasteiger charge is 2.41. The van der Waals surface area contributed by atoms with Crippen molar-refractivity contribution >= 4 is 23.4 Å². The second kappa shape index (κ2) is 9.32. The molecule has 0 fully saturated rings. The van der Waals surface area contributed by atoms with E-state index in [2.05, 4.69) is 5.32 Å². The molecule has 0 saturated carbocycles. The van der Waals surface area contributed by atoms with Crippen molar-refractivity contribution in [2.75, 3.05) is 13.7 Å². The van der Waals surface area contributed by atoms with Crippen LogP contribution >= 0.6 is 11.6 Å². The Bertz CT molecular complexity index is 1170. The van der Waals surface area contributed by atoms with Crippen LogP contribution in [-0.2, 0) is 14.3 Å². The maximum atomic E-state index is 13.5. The van der Waals surface area contributed by atoms with E-state index in [-0.39, 0.29) is 17.5 Å². The van der Waals surface area contributed by atoms with Crippen molar-refractivity contribution in [1.82, 2.24) is 5.32 Å². The molecular weight excluding hydrogens is 442 g/mol. The molecule has 2 N–H and O–H groups in total. The van der Waals surface area contributed by atoms with Crippen molar-refractivity contribution in [1.29, 1.82) is 0 Å².